The van der Waals surface area contributed by atoms with Gasteiger partial charge < -0.3 is 9.31 Å². The van der Waals surface area contributed by atoms with E-state index in [1.807, 2.05) is 84.9 Å². The maximum Gasteiger partial charge on any atom is 0.494 e. The Bertz CT molecular complexity index is 7320. The smallest absolute Gasteiger partial charge is 0.399 e. The molecule has 12 heteroatoms. The van der Waals surface area contributed by atoms with Gasteiger partial charge in [-0.1, -0.05) is 425 Å². The second kappa shape index (κ2) is 32.0. The summed E-state index contributed by atoms with van der Waals surface area (Å²) in [5, 5.41) is 21.8. The third-order valence-corrected chi connectivity index (χ3v) is 35.4. The van der Waals surface area contributed by atoms with Crippen molar-refractivity contribution in [3.8, 4) is 101 Å². The van der Waals surface area contributed by atoms with E-state index in [2.05, 4.69) is 382 Å². The Kier molecular flexibility index (Phi) is 19.9. The molecule has 2 aromatic heterocycles. The molecule has 3 aliphatic rings. The van der Waals surface area contributed by atoms with Gasteiger partial charge in [0.1, 0.15) is 0 Å². The molecule has 8 nitrogen and oxygen atoms in total. The van der Waals surface area contributed by atoms with Crippen molar-refractivity contribution in [2.75, 3.05) is 0 Å². The van der Waals surface area contributed by atoms with Crippen molar-refractivity contribution in [1.29, 1.82) is 0 Å². The minimum atomic E-state index is -2.94. The largest absolute Gasteiger partial charge is 0.494 e. The molecule has 0 bridgehead atoms. The SMILES string of the molecule is CC1(C)OB(c2ccc3c(c2)[Si](c2ccccc2)(c2ccccc2)c2c-3c3ccccc3c3ccccc23)OC1(C)C.Clc1nc(-c2ccccc2)nc(-c2ccc(-c3ccccc3)cc2)n1.c1ccc(-c2ccc(-c3nc(-c4ccccc4)nc(-c4ccc5c(c4)[Si](c4ccccc4)(c4ccccc4)c4c-5c5ccccc5c5ccccc45)n3)cc2)cc1. The van der Waals surface area contributed by atoms with Crippen LogP contribution in [0.25, 0.3) is 145 Å². The van der Waals surface area contributed by atoms with Crippen LogP contribution in [0.3, 0.4) is 0 Å². The number of halogens is 1. The van der Waals surface area contributed by atoms with E-state index in [4.69, 9.17) is 35.9 Å². The highest BCUT2D eigenvalue weighted by molar-refractivity contribution is 7.24. The molecule has 1 fully saturated rings. The predicted molar refractivity (Wildman–Crippen MR) is 520 cm³/mol. The molecule has 0 spiro atoms. The number of rotatable bonds is 12. The zero-order valence-corrected chi connectivity index (χ0v) is 71.6. The Labute approximate surface area is 729 Å². The molecular weight excluding hydrogens is 1560 g/mol. The van der Waals surface area contributed by atoms with E-state index in [-0.39, 0.29) is 5.28 Å². The molecule has 590 valence electrons. The minimum absolute atomic E-state index is 0.191. The first-order valence-electron chi connectivity index (χ1n) is 42.3. The number of hydrogen-bond acceptors (Lipinski definition) is 8. The standard InChI is InChI=1S/C53H35N3Si.C38H33BO2Si.C21H14ClN3/c1-5-17-36(18-6-1)37-29-31-39(32-30-37)52-54-51(38-19-7-2-8-20-38)55-53(56-52)40-33-34-47-48(35-40)57(41-21-9-3-10-22-41,42-23-11-4-12-24-42)50-46-28-16-14-26-44(46)43-25-13-15-27-45(43)49(47)50;1-37(2)38(3,4)41-39(40-37)26-23-24-33-34(25-26)42(27-15-7-5-8-16-27,28-17-9-6-10-18-28)36-32-22-14-12-20-30(32)29-19-11-13-21-31(29)35(33)36;22-21-24-19(17-9-5-2-6-10-17)23-20(25-21)18-13-11-16(12-14-18)15-7-3-1-4-8-15/h1-35H;5-25H,1-4H3;1-14H. The lowest BCUT2D eigenvalue weighted by Crippen LogP contribution is -2.73. The molecule has 0 N–H and O–H groups in total. The molecule has 5 heterocycles. The van der Waals surface area contributed by atoms with Gasteiger partial charge in [0.2, 0.25) is 5.28 Å². The molecule has 3 aliphatic heterocycles. The number of benzene rings is 18. The summed E-state index contributed by atoms with van der Waals surface area (Å²) in [6.45, 7) is 8.51. The van der Waals surface area contributed by atoms with Gasteiger partial charge in [-0.2, -0.15) is 9.97 Å². The third kappa shape index (κ3) is 13.4. The maximum atomic E-state index is 6.60. The van der Waals surface area contributed by atoms with Gasteiger partial charge >= 0.3 is 7.12 Å². The summed E-state index contributed by atoms with van der Waals surface area (Å²) in [6, 6.07) is 152. The van der Waals surface area contributed by atoms with Gasteiger partial charge in [0.25, 0.3) is 0 Å². The van der Waals surface area contributed by atoms with Gasteiger partial charge in [0.05, 0.1) is 11.2 Å². The van der Waals surface area contributed by atoms with E-state index in [9.17, 15) is 0 Å². The van der Waals surface area contributed by atoms with Crippen molar-refractivity contribution in [3.05, 3.63) is 430 Å². The Morgan fingerprint density at radius 1 is 0.234 bits per heavy atom. The van der Waals surface area contributed by atoms with Gasteiger partial charge in [-0.15, -0.1) is 0 Å². The lowest BCUT2D eigenvalue weighted by molar-refractivity contribution is 0.00578. The highest BCUT2D eigenvalue weighted by Gasteiger charge is 2.55. The van der Waals surface area contributed by atoms with Crippen LogP contribution in [0.5, 0.6) is 0 Å². The summed E-state index contributed by atoms with van der Waals surface area (Å²) in [5.74, 6) is 3.09. The first-order chi connectivity index (χ1) is 60.9. The van der Waals surface area contributed by atoms with Crippen molar-refractivity contribution < 1.29 is 9.31 Å². The quantitative estimate of drug-likeness (QED) is 0.0882. The van der Waals surface area contributed by atoms with Crippen molar-refractivity contribution in [1.82, 2.24) is 29.9 Å². The molecule has 0 atom stereocenters. The van der Waals surface area contributed by atoms with Gasteiger partial charge in [0.15, 0.2) is 45.3 Å². The summed E-state index contributed by atoms with van der Waals surface area (Å²) in [4.78, 5) is 28.7. The molecule has 0 aliphatic carbocycles. The van der Waals surface area contributed by atoms with Crippen LogP contribution in [-0.2, 0) is 9.31 Å². The summed E-state index contributed by atoms with van der Waals surface area (Å²) < 4.78 is 13.2. The van der Waals surface area contributed by atoms with Gasteiger partial charge in [-0.3, -0.25) is 0 Å². The van der Waals surface area contributed by atoms with Gasteiger partial charge in [-0.05, 0) is 174 Å². The molecule has 0 saturated carbocycles. The van der Waals surface area contributed by atoms with Crippen molar-refractivity contribution in [2.45, 2.75) is 38.9 Å². The molecule has 0 unspecified atom stereocenters. The lowest BCUT2D eigenvalue weighted by atomic mass is 9.78. The molecule has 0 amide bonds. The van der Waals surface area contributed by atoms with Crippen molar-refractivity contribution in [3.63, 3.8) is 0 Å². The van der Waals surface area contributed by atoms with Crippen LogP contribution in [0, 0.1) is 0 Å². The number of fused-ring (bicyclic) bond motifs is 16. The summed E-state index contributed by atoms with van der Waals surface area (Å²) in [6.07, 6.45) is 0. The predicted octanol–water partition coefficient (Wildman–Crippen LogP) is 21.4. The summed E-state index contributed by atoms with van der Waals surface area (Å²) >= 11 is 6.11. The van der Waals surface area contributed by atoms with Gasteiger partial charge in [-0.25, -0.2) is 19.9 Å². The molecule has 0 radical (unpaired) electrons. The number of aromatic nitrogens is 6. The third-order valence-electron chi connectivity index (χ3n) is 25.4. The number of nitrogens with zero attached hydrogens (tertiary/aromatic N) is 6. The molecule has 124 heavy (non-hydrogen) atoms. The van der Waals surface area contributed by atoms with E-state index in [1.165, 1.54) is 118 Å². The Morgan fingerprint density at radius 3 is 0.831 bits per heavy atom. The fourth-order valence-corrected chi connectivity index (χ4v) is 30.1. The van der Waals surface area contributed by atoms with E-state index in [0.29, 0.717) is 29.1 Å². The average Bonchev–Trinajstić information content (AvgIpc) is 1.52. The maximum absolute atomic E-state index is 6.60. The second-order valence-corrected chi connectivity index (χ2v) is 40.7. The molecule has 18 aromatic carbocycles. The van der Waals surface area contributed by atoms with E-state index in [0.717, 1.165) is 44.4 Å². The first-order valence-corrected chi connectivity index (χ1v) is 46.6. The van der Waals surface area contributed by atoms with Crippen LogP contribution in [-0.4, -0.2) is 64.4 Å². The average molecular weight is 1650 g/mol. The highest BCUT2D eigenvalue weighted by Crippen LogP contribution is 2.44. The number of hydrogen-bond donors (Lipinski definition) is 0. The summed E-state index contributed by atoms with van der Waals surface area (Å²) in [7, 11) is -6.13. The fourth-order valence-electron chi connectivity index (χ4n) is 19.0. The molecular formula is C112H82BClN6O2Si2. The second-order valence-electron chi connectivity index (χ2n) is 33.0. The first kappa shape index (κ1) is 77.1. The Hall–Kier alpha value is -14.3. The monoisotopic (exact) mass is 1640 g/mol. The van der Waals surface area contributed by atoms with Crippen molar-refractivity contribution in [2.24, 2.45) is 0 Å². The molecule has 1 saturated heterocycles. The highest BCUT2D eigenvalue weighted by atomic mass is 35.5. The molecule has 23 rings (SSSR count). The van der Waals surface area contributed by atoms with Crippen molar-refractivity contribution >= 4 is 125 Å². The van der Waals surface area contributed by atoms with Crippen LogP contribution >= 0.6 is 11.6 Å². The molecule has 20 aromatic rings. The van der Waals surface area contributed by atoms with Crippen LogP contribution in [0.4, 0.5) is 0 Å². The topological polar surface area (TPSA) is 95.8 Å². The van der Waals surface area contributed by atoms with E-state index in [1.54, 1.807) is 0 Å². The zero-order chi connectivity index (χ0) is 83.5. The van der Waals surface area contributed by atoms with E-state index >= 15 is 0 Å². The Morgan fingerprint density at radius 2 is 0.476 bits per heavy atom. The zero-order valence-electron chi connectivity index (χ0n) is 68.9. The lowest BCUT2D eigenvalue weighted by Gasteiger charge is -2.32. The van der Waals surface area contributed by atoms with Crippen LogP contribution in [0.15, 0.2) is 425 Å². The normalized spacial score (nSPS) is 14.0. The van der Waals surface area contributed by atoms with Crippen LogP contribution < -0.4 is 47.0 Å². The van der Waals surface area contributed by atoms with Crippen LogP contribution in [0.2, 0.25) is 5.28 Å². The van der Waals surface area contributed by atoms with E-state index < -0.39 is 34.5 Å². The van der Waals surface area contributed by atoms with Gasteiger partial charge in [0, 0.05) is 27.8 Å². The minimum Gasteiger partial charge on any atom is -0.399 e. The summed E-state index contributed by atoms with van der Waals surface area (Å²) in [5.41, 5.74) is 14.9. The fraction of sp³-hybridized carbons (Fsp3) is 0.0536. The Balaban J connectivity index is 0.000000123. The van der Waals surface area contributed by atoms with Crippen LogP contribution in [0.1, 0.15) is 27.7 Å².